The zero-order valence-electron chi connectivity index (χ0n) is 16.8. The van der Waals surface area contributed by atoms with Gasteiger partial charge in [0, 0.05) is 5.56 Å². The highest BCUT2D eigenvalue weighted by Gasteiger charge is 2.24. The normalized spacial score (nSPS) is 12.7. The highest BCUT2D eigenvalue weighted by Crippen LogP contribution is 2.30. The minimum Gasteiger partial charge on any atom is -0.293 e. The van der Waals surface area contributed by atoms with Gasteiger partial charge in [0.1, 0.15) is 5.01 Å². The van der Waals surface area contributed by atoms with Gasteiger partial charge in [0.25, 0.3) is 0 Å². The third-order valence-corrected chi connectivity index (χ3v) is 8.07. The van der Waals surface area contributed by atoms with Gasteiger partial charge in [0.05, 0.1) is 26.2 Å². The Bertz CT molecular complexity index is 1290. The average molecular weight is 468 g/mol. The summed E-state index contributed by atoms with van der Waals surface area (Å²) >= 11 is 2.86. The van der Waals surface area contributed by atoms with E-state index < -0.39 is 16.1 Å². The maximum atomic E-state index is 13.1. The number of aromatic nitrogens is 1. The molecule has 0 aliphatic carbocycles. The van der Waals surface area contributed by atoms with Crippen molar-refractivity contribution in [2.45, 2.75) is 17.4 Å². The molecule has 0 saturated carbocycles. The molecule has 0 fully saturated rings. The van der Waals surface area contributed by atoms with Crippen LogP contribution in [0.5, 0.6) is 0 Å². The molecule has 0 aliphatic rings. The van der Waals surface area contributed by atoms with E-state index in [0.717, 1.165) is 21.3 Å². The molecule has 2 N–H and O–H groups in total. The minimum atomic E-state index is -3.73. The molecular formula is C23H21N3O2S3. The van der Waals surface area contributed by atoms with Crippen LogP contribution in [-0.2, 0) is 16.4 Å². The monoisotopic (exact) mass is 467 g/mol. The summed E-state index contributed by atoms with van der Waals surface area (Å²) in [5, 5.41) is 9.28. The summed E-state index contributed by atoms with van der Waals surface area (Å²) in [4.78, 5) is 4.93. The van der Waals surface area contributed by atoms with E-state index in [4.69, 9.17) is 10.4 Å². The molecule has 8 heteroatoms. The topological polar surface area (TPSA) is 82.9 Å². The fourth-order valence-electron chi connectivity index (χ4n) is 3.27. The van der Waals surface area contributed by atoms with Gasteiger partial charge in [-0.25, -0.2) is 18.1 Å². The fraction of sp³-hybridized carbons (Fsp3) is 0.130. The Labute approximate surface area is 190 Å². The van der Waals surface area contributed by atoms with Gasteiger partial charge < -0.3 is 0 Å². The molecule has 31 heavy (non-hydrogen) atoms. The van der Waals surface area contributed by atoms with Gasteiger partial charge in [0.15, 0.2) is 0 Å². The van der Waals surface area contributed by atoms with Crippen LogP contribution >= 0.6 is 23.1 Å². The van der Waals surface area contributed by atoms with E-state index >= 15 is 0 Å². The SMILES string of the molecule is CSC(=N)c1cccc(CC(NS(=O)(=O)c2ccccc2)c2nc3ccccc3s2)c1. The first-order valence-corrected chi connectivity index (χ1v) is 13.1. The summed E-state index contributed by atoms with van der Waals surface area (Å²) in [7, 11) is -3.73. The third-order valence-electron chi connectivity index (χ3n) is 4.79. The predicted octanol–water partition coefficient (Wildman–Crippen LogP) is 5.25. The number of hydrogen-bond donors (Lipinski definition) is 2. The predicted molar refractivity (Wildman–Crippen MR) is 130 cm³/mol. The van der Waals surface area contributed by atoms with Crippen LogP contribution in [0.15, 0.2) is 83.8 Å². The lowest BCUT2D eigenvalue weighted by Crippen LogP contribution is -2.30. The maximum absolute atomic E-state index is 13.1. The van der Waals surface area contributed by atoms with Crippen LogP contribution in [0.3, 0.4) is 0 Å². The number of nitrogens with one attached hydrogen (secondary N) is 2. The standard InChI is InChI=1S/C23H21N3O2S3/c1-29-22(24)17-9-7-8-16(14-17)15-20(23-25-19-12-5-6-13-21(19)30-23)26-31(27,28)18-10-3-2-4-11-18/h2-14,20,24,26H,15H2,1H3. The van der Waals surface area contributed by atoms with Crippen LogP contribution < -0.4 is 4.72 Å². The van der Waals surface area contributed by atoms with Gasteiger partial charge in [0.2, 0.25) is 10.0 Å². The molecule has 0 spiro atoms. The molecule has 1 unspecified atom stereocenters. The average Bonchev–Trinajstić information content (AvgIpc) is 3.23. The van der Waals surface area contributed by atoms with Crippen LogP contribution in [0.1, 0.15) is 22.2 Å². The number of thiazole rings is 1. The number of thioether (sulfide) groups is 1. The number of para-hydroxylation sites is 1. The van der Waals surface area contributed by atoms with E-state index in [1.54, 1.807) is 30.3 Å². The van der Waals surface area contributed by atoms with Gasteiger partial charge in [-0.3, -0.25) is 5.41 Å². The number of nitrogens with zero attached hydrogens (tertiary/aromatic N) is 1. The van der Waals surface area contributed by atoms with Gasteiger partial charge in [-0.1, -0.05) is 48.5 Å². The fourth-order valence-corrected chi connectivity index (χ4v) is 5.94. The Morgan fingerprint density at radius 2 is 1.81 bits per heavy atom. The number of benzene rings is 3. The molecule has 0 bridgehead atoms. The molecule has 1 atom stereocenters. The summed E-state index contributed by atoms with van der Waals surface area (Å²) in [6.45, 7) is 0. The third kappa shape index (κ3) is 5.04. The lowest BCUT2D eigenvalue weighted by molar-refractivity contribution is 0.554. The minimum absolute atomic E-state index is 0.221. The van der Waals surface area contributed by atoms with Crippen molar-refractivity contribution in [3.63, 3.8) is 0 Å². The maximum Gasteiger partial charge on any atom is 0.241 e. The first-order valence-electron chi connectivity index (χ1n) is 9.61. The second-order valence-corrected chi connectivity index (χ2v) is 10.5. The highest BCUT2D eigenvalue weighted by molar-refractivity contribution is 8.13. The summed E-state index contributed by atoms with van der Waals surface area (Å²) in [6.07, 6.45) is 2.30. The van der Waals surface area contributed by atoms with Crippen molar-refractivity contribution >= 4 is 48.4 Å². The molecular weight excluding hydrogens is 446 g/mol. The molecule has 0 radical (unpaired) electrons. The van der Waals surface area contributed by atoms with Crippen molar-refractivity contribution < 1.29 is 8.42 Å². The zero-order valence-corrected chi connectivity index (χ0v) is 19.2. The van der Waals surface area contributed by atoms with E-state index in [-0.39, 0.29) is 4.90 Å². The van der Waals surface area contributed by atoms with Gasteiger partial charge in [-0.05, 0) is 48.6 Å². The van der Waals surface area contributed by atoms with Gasteiger partial charge in [-0.15, -0.1) is 23.1 Å². The summed E-state index contributed by atoms with van der Waals surface area (Å²) in [5.41, 5.74) is 2.61. The van der Waals surface area contributed by atoms with Crippen LogP contribution in [-0.4, -0.2) is 24.7 Å². The number of sulfonamides is 1. The smallest absolute Gasteiger partial charge is 0.241 e. The van der Waals surface area contributed by atoms with Crippen molar-refractivity contribution in [2.24, 2.45) is 0 Å². The Morgan fingerprint density at radius 3 is 2.55 bits per heavy atom. The van der Waals surface area contributed by atoms with E-state index in [9.17, 15) is 8.42 Å². The molecule has 1 aromatic heterocycles. The van der Waals surface area contributed by atoms with E-state index in [1.807, 2.05) is 54.8 Å². The summed E-state index contributed by atoms with van der Waals surface area (Å²) in [6, 6.07) is 23.3. The van der Waals surface area contributed by atoms with Crippen molar-refractivity contribution in [2.75, 3.05) is 6.26 Å². The van der Waals surface area contributed by atoms with E-state index in [1.165, 1.54) is 23.1 Å². The molecule has 158 valence electrons. The van der Waals surface area contributed by atoms with Crippen molar-refractivity contribution in [3.8, 4) is 0 Å². The van der Waals surface area contributed by atoms with Crippen LogP contribution in [0, 0.1) is 5.41 Å². The number of hydrogen-bond acceptors (Lipinski definition) is 6. The number of rotatable bonds is 7. The molecule has 1 heterocycles. The van der Waals surface area contributed by atoms with Crippen molar-refractivity contribution in [1.29, 1.82) is 5.41 Å². The summed E-state index contributed by atoms with van der Waals surface area (Å²) < 4.78 is 30.0. The second kappa shape index (κ2) is 9.32. The Hall–Kier alpha value is -2.52. The molecule has 0 amide bonds. The van der Waals surface area contributed by atoms with Crippen LogP contribution in [0.4, 0.5) is 0 Å². The van der Waals surface area contributed by atoms with Crippen molar-refractivity contribution in [1.82, 2.24) is 9.71 Å². The zero-order chi connectivity index (χ0) is 21.8. The first kappa shape index (κ1) is 21.7. The van der Waals surface area contributed by atoms with Crippen LogP contribution in [0.25, 0.3) is 10.2 Å². The lowest BCUT2D eigenvalue weighted by atomic mass is 10.0. The lowest BCUT2D eigenvalue weighted by Gasteiger charge is -2.17. The molecule has 4 rings (SSSR count). The molecule has 4 aromatic rings. The Balaban J connectivity index is 1.71. The largest absolute Gasteiger partial charge is 0.293 e. The summed E-state index contributed by atoms with van der Waals surface area (Å²) in [5.74, 6) is 0. The molecule has 0 aliphatic heterocycles. The molecule has 0 saturated heterocycles. The molecule has 5 nitrogen and oxygen atoms in total. The second-order valence-electron chi connectivity index (χ2n) is 6.94. The molecule has 3 aromatic carbocycles. The van der Waals surface area contributed by atoms with Crippen molar-refractivity contribution in [3.05, 3.63) is 95.0 Å². The van der Waals surface area contributed by atoms with E-state index in [2.05, 4.69) is 4.72 Å². The number of fused-ring (bicyclic) bond motifs is 1. The van der Waals surface area contributed by atoms with Gasteiger partial charge in [-0.2, -0.15) is 0 Å². The van der Waals surface area contributed by atoms with E-state index in [0.29, 0.717) is 16.5 Å². The van der Waals surface area contributed by atoms with Crippen LogP contribution in [0.2, 0.25) is 0 Å². The first-order chi connectivity index (χ1) is 15.0. The Morgan fingerprint density at radius 1 is 1.06 bits per heavy atom. The quantitative estimate of drug-likeness (QED) is 0.287. The highest BCUT2D eigenvalue weighted by atomic mass is 32.2. The van der Waals surface area contributed by atoms with Gasteiger partial charge >= 0.3 is 0 Å². The Kier molecular flexibility index (Phi) is 6.52.